The van der Waals surface area contributed by atoms with Crippen LogP contribution >= 0.6 is 27.3 Å². The molecule has 0 saturated heterocycles. The largest absolute Gasteiger partial charge is 1.00 e. The van der Waals surface area contributed by atoms with Crippen molar-refractivity contribution in [1.82, 2.24) is 4.98 Å². The number of aryl methyl sites for hydroxylation is 1. The first kappa shape index (κ1) is 16.8. The van der Waals surface area contributed by atoms with E-state index in [4.69, 9.17) is 0 Å². The van der Waals surface area contributed by atoms with Crippen LogP contribution in [0.25, 0.3) is 20.8 Å². The van der Waals surface area contributed by atoms with Gasteiger partial charge in [0.15, 0.2) is 12.4 Å². The summed E-state index contributed by atoms with van der Waals surface area (Å²) in [6, 6.07) is 6.75. The van der Waals surface area contributed by atoms with Gasteiger partial charge in [-0.25, -0.2) is 13.9 Å². The SMILES string of the molecule is CCC[n+]1cc(Br)cc(-c2nc3ccc(F)cc3s2)c1.[I-]. The maximum atomic E-state index is 13.2. The molecular weight excluding hydrogens is 466 g/mol. The molecule has 0 N–H and O–H groups in total. The third-order valence-corrected chi connectivity index (χ3v) is 4.47. The smallest absolute Gasteiger partial charge is 0.183 e. The van der Waals surface area contributed by atoms with Gasteiger partial charge in [-0.2, -0.15) is 0 Å². The summed E-state index contributed by atoms with van der Waals surface area (Å²) in [6.07, 6.45) is 5.22. The van der Waals surface area contributed by atoms with Crippen LogP contribution < -0.4 is 28.5 Å². The number of halogens is 3. The highest BCUT2D eigenvalue weighted by Crippen LogP contribution is 2.30. The molecule has 0 aliphatic heterocycles. The lowest BCUT2D eigenvalue weighted by molar-refractivity contribution is -0.697. The first-order valence-electron chi connectivity index (χ1n) is 6.42. The molecule has 21 heavy (non-hydrogen) atoms. The lowest BCUT2D eigenvalue weighted by atomic mass is 10.3. The number of hydrogen-bond acceptors (Lipinski definition) is 2. The van der Waals surface area contributed by atoms with E-state index >= 15 is 0 Å². The van der Waals surface area contributed by atoms with Crippen LogP contribution in [0.5, 0.6) is 0 Å². The summed E-state index contributed by atoms with van der Waals surface area (Å²) in [7, 11) is 0. The zero-order valence-corrected chi connectivity index (χ0v) is 15.9. The molecule has 0 bridgehead atoms. The number of thiazole rings is 1. The fourth-order valence-corrected chi connectivity index (χ4v) is 3.60. The molecule has 0 unspecified atom stereocenters. The number of benzene rings is 1. The molecular formula is C15H13BrFIN2S. The fourth-order valence-electron chi connectivity index (χ4n) is 2.12. The van der Waals surface area contributed by atoms with Crippen molar-refractivity contribution >= 4 is 37.5 Å². The highest BCUT2D eigenvalue weighted by molar-refractivity contribution is 9.10. The maximum Gasteiger partial charge on any atom is 0.183 e. The Morgan fingerprint density at radius 3 is 2.86 bits per heavy atom. The summed E-state index contributed by atoms with van der Waals surface area (Å²) in [4.78, 5) is 4.58. The van der Waals surface area contributed by atoms with Gasteiger partial charge in [-0.05, 0) is 40.2 Å². The molecule has 6 heteroatoms. The first-order valence-corrected chi connectivity index (χ1v) is 8.03. The monoisotopic (exact) mass is 478 g/mol. The van der Waals surface area contributed by atoms with E-state index in [9.17, 15) is 4.39 Å². The second-order valence-corrected chi connectivity index (χ2v) is 6.56. The lowest BCUT2D eigenvalue weighted by Crippen LogP contribution is -3.00. The van der Waals surface area contributed by atoms with Crippen molar-refractivity contribution in [3.8, 4) is 10.6 Å². The van der Waals surface area contributed by atoms with Gasteiger partial charge >= 0.3 is 0 Å². The Kier molecular flexibility index (Phi) is 5.67. The van der Waals surface area contributed by atoms with Gasteiger partial charge in [0.05, 0.1) is 20.3 Å². The molecule has 2 nitrogen and oxygen atoms in total. The average Bonchev–Trinajstić information content (AvgIpc) is 2.81. The standard InChI is InChI=1S/C15H13BrFN2S.HI/c1-2-5-19-8-10(6-11(16)9-19)15-18-13-4-3-12(17)7-14(13)20-15;/h3-4,6-9H,2,5H2,1H3;1H/q+1;/p-1. The van der Waals surface area contributed by atoms with Crippen LogP contribution in [0, 0.1) is 5.82 Å². The Bertz CT molecular complexity index is 775. The molecule has 0 aliphatic rings. The first-order chi connectivity index (χ1) is 9.65. The van der Waals surface area contributed by atoms with Gasteiger partial charge in [-0.3, -0.25) is 0 Å². The van der Waals surface area contributed by atoms with E-state index in [1.807, 2.05) is 6.07 Å². The normalized spacial score (nSPS) is 10.6. The van der Waals surface area contributed by atoms with Crippen LogP contribution in [-0.2, 0) is 6.54 Å². The Morgan fingerprint density at radius 1 is 1.29 bits per heavy atom. The second-order valence-electron chi connectivity index (χ2n) is 4.61. The molecule has 0 amide bonds. The number of pyridine rings is 1. The van der Waals surface area contributed by atoms with Gasteiger partial charge in [0.1, 0.15) is 17.4 Å². The van der Waals surface area contributed by atoms with Gasteiger partial charge < -0.3 is 24.0 Å². The molecule has 2 aromatic heterocycles. The van der Waals surface area contributed by atoms with E-state index in [0.717, 1.165) is 38.2 Å². The predicted octanol–water partition coefficient (Wildman–Crippen LogP) is 1.57. The van der Waals surface area contributed by atoms with E-state index in [1.165, 1.54) is 23.5 Å². The summed E-state index contributed by atoms with van der Waals surface area (Å²) in [5.41, 5.74) is 1.89. The number of aromatic nitrogens is 2. The van der Waals surface area contributed by atoms with Crippen LogP contribution in [0.2, 0.25) is 0 Å². The van der Waals surface area contributed by atoms with Gasteiger partial charge in [-0.1, -0.05) is 6.92 Å². The van der Waals surface area contributed by atoms with Gasteiger partial charge in [-0.15, -0.1) is 11.3 Å². The highest BCUT2D eigenvalue weighted by atomic mass is 127. The molecule has 0 saturated carbocycles. The Hall–Kier alpha value is -0.600. The number of rotatable bonds is 3. The van der Waals surface area contributed by atoms with Crippen molar-refractivity contribution in [2.24, 2.45) is 0 Å². The molecule has 1 aromatic carbocycles. The minimum absolute atomic E-state index is 0. The molecule has 2 heterocycles. The zero-order chi connectivity index (χ0) is 14.1. The Labute approximate surface area is 152 Å². The van der Waals surface area contributed by atoms with E-state index in [2.05, 4.69) is 44.8 Å². The summed E-state index contributed by atoms with van der Waals surface area (Å²) in [5, 5.41) is 0.914. The van der Waals surface area contributed by atoms with Crippen LogP contribution in [0.4, 0.5) is 4.39 Å². The van der Waals surface area contributed by atoms with E-state index in [-0.39, 0.29) is 29.8 Å². The van der Waals surface area contributed by atoms with Crippen molar-refractivity contribution in [2.45, 2.75) is 19.9 Å². The quantitative estimate of drug-likeness (QED) is 0.412. The van der Waals surface area contributed by atoms with Gasteiger partial charge in [0, 0.05) is 6.42 Å². The second kappa shape index (κ2) is 7.11. The number of fused-ring (bicyclic) bond motifs is 1. The van der Waals surface area contributed by atoms with Crippen molar-refractivity contribution in [3.05, 3.63) is 46.9 Å². The molecule has 3 rings (SSSR count). The third-order valence-electron chi connectivity index (χ3n) is 2.97. The molecule has 110 valence electrons. The summed E-state index contributed by atoms with van der Waals surface area (Å²) in [5.74, 6) is -0.219. The van der Waals surface area contributed by atoms with Crippen molar-refractivity contribution < 1.29 is 32.9 Å². The van der Waals surface area contributed by atoms with Crippen molar-refractivity contribution in [1.29, 1.82) is 0 Å². The molecule has 0 aliphatic carbocycles. The van der Waals surface area contributed by atoms with Crippen LogP contribution in [0.3, 0.4) is 0 Å². The summed E-state index contributed by atoms with van der Waals surface area (Å²) >= 11 is 5.05. The van der Waals surface area contributed by atoms with Crippen molar-refractivity contribution in [3.63, 3.8) is 0 Å². The van der Waals surface area contributed by atoms with Crippen molar-refractivity contribution in [2.75, 3.05) is 0 Å². The Morgan fingerprint density at radius 2 is 2.10 bits per heavy atom. The predicted molar refractivity (Wildman–Crippen MR) is 83.2 cm³/mol. The maximum absolute atomic E-state index is 13.2. The zero-order valence-electron chi connectivity index (χ0n) is 11.3. The topological polar surface area (TPSA) is 16.8 Å². The van der Waals surface area contributed by atoms with Gasteiger partial charge in [0.2, 0.25) is 0 Å². The van der Waals surface area contributed by atoms with E-state index < -0.39 is 0 Å². The molecule has 0 atom stereocenters. The fraction of sp³-hybridized carbons (Fsp3) is 0.200. The number of nitrogens with zero attached hydrogens (tertiary/aromatic N) is 2. The Balaban J connectivity index is 0.00000161. The van der Waals surface area contributed by atoms with Crippen LogP contribution in [0.1, 0.15) is 13.3 Å². The summed E-state index contributed by atoms with van der Waals surface area (Å²) in [6.45, 7) is 3.11. The highest BCUT2D eigenvalue weighted by Gasteiger charge is 2.12. The number of hydrogen-bond donors (Lipinski definition) is 0. The summed E-state index contributed by atoms with van der Waals surface area (Å²) < 4.78 is 17.3. The van der Waals surface area contributed by atoms with Gasteiger partial charge in [0.25, 0.3) is 0 Å². The molecule has 3 aromatic rings. The van der Waals surface area contributed by atoms with Crippen LogP contribution in [0.15, 0.2) is 41.1 Å². The average molecular weight is 479 g/mol. The molecule has 0 fully saturated rings. The molecule has 0 radical (unpaired) electrons. The van der Waals surface area contributed by atoms with E-state index in [1.54, 1.807) is 6.07 Å². The lowest BCUT2D eigenvalue weighted by Gasteiger charge is -1.98. The molecule has 0 spiro atoms. The minimum atomic E-state index is -0.219. The minimum Gasteiger partial charge on any atom is -1.00 e. The third kappa shape index (κ3) is 3.78. The van der Waals surface area contributed by atoms with Crippen LogP contribution in [-0.4, -0.2) is 4.98 Å². The van der Waals surface area contributed by atoms with E-state index in [0.29, 0.717) is 0 Å².